The van der Waals surface area contributed by atoms with Gasteiger partial charge in [0, 0.05) is 12.3 Å². The maximum atomic E-state index is 11.3. The predicted molar refractivity (Wildman–Crippen MR) is 89.5 cm³/mol. The lowest BCUT2D eigenvalue weighted by Crippen LogP contribution is -2.37. The zero-order chi connectivity index (χ0) is 16.0. The summed E-state index contributed by atoms with van der Waals surface area (Å²) < 4.78 is 0. The molecular formula is C16H20N4OS. The van der Waals surface area contributed by atoms with Gasteiger partial charge in [0.1, 0.15) is 10.8 Å². The molecule has 0 fully saturated rings. The van der Waals surface area contributed by atoms with Crippen LogP contribution in [0, 0.1) is 5.41 Å². The SMILES string of the molecule is CC(C)(CNc1cncc(SCc2ccccc2)n1)C(N)=O. The van der Waals surface area contributed by atoms with Crippen molar-refractivity contribution in [1.82, 2.24) is 9.97 Å². The van der Waals surface area contributed by atoms with Crippen molar-refractivity contribution in [2.75, 3.05) is 11.9 Å². The zero-order valence-corrected chi connectivity index (χ0v) is 13.6. The Hall–Kier alpha value is -2.08. The number of nitrogens with two attached hydrogens (primary N) is 1. The van der Waals surface area contributed by atoms with Gasteiger partial charge >= 0.3 is 0 Å². The molecule has 2 aromatic rings. The minimum Gasteiger partial charge on any atom is -0.369 e. The standard InChI is InChI=1S/C16H20N4OS/c1-16(2,15(17)21)11-19-13-8-18-9-14(20-13)22-10-12-6-4-3-5-7-12/h3-9H,10-11H2,1-2H3,(H2,17,21)(H,19,20). The molecule has 5 nitrogen and oxygen atoms in total. The number of rotatable bonds is 7. The second-order valence-corrected chi connectivity index (χ2v) is 6.61. The van der Waals surface area contributed by atoms with E-state index in [1.807, 2.05) is 18.2 Å². The van der Waals surface area contributed by atoms with Crippen LogP contribution in [-0.2, 0) is 10.5 Å². The van der Waals surface area contributed by atoms with Crippen LogP contribution in [0.15, 0.2) is 47.8 Å². The third kappa shape index (κ3) is 4.73. The van der Waals surface area contributed by atoms with E-state index in [1.165, 1.54) is 5.56 Å². The average molecular weight is 316 g/mol. The van der Waals surface area contributed by atoms with Crippen molar-refractivity contribution >= 4 is 23.5 Å². The number of carbonyl (C=O) groups is 1. The van der Waals surface area contributed by atoms with E-state index in [1.54, 1.807) is 38.0 Å². The fourth-order valence-electron chi connectivity index (χ4n) is 1.63. The fraction of sp³-hybridized carbons (Fsp3) is 0.312. The smallest absolute Gasteiger partial charge is 0.224 e. The van der Waals surface area contributed by atoms with Crippen LogP contribution >= 0.6 is 11.8 Å². The molecule has 1 heterocycles. The summed E-state index contributed by atoms with van der Waals surface area (Å²) in [6.45, 7) is 4.01. The summed E-state index contributed by atoms with van der Waals surface area (Å²) in [6, 6.07) is 10.2. The molecule has 6 heteroatoms. The molecule has 0 aliphatic carbocycles. The lowest BCUT2D eigenvalue weighted by Gasteiger charge is -2.20. The molecule has 1 aromatic heterocycles. The molecule has 1 aromatic carbocycles. The van der Waals surface area contributed by atoms with Crippen LogP contribution < -0.4 is 11.1 Å². The van der Waals surface area contributed by atoms with Gasteiger partial charge in [0.15, 0.2) is 0 Å². The van der Waals surface area contributed by atoms with Gasteiger partial charge in [0.25, 0.3) is 0 Å². The summed E-state index contributed by atoms with van der Waals surface area (Å²) in [7, 11) is 0. The summed E-state index contributed by atoms with van der Waals surface area (Å²) in [4.78, 5) is 20.0. The molecule has 22 heavy (non-hydrogen) atoms. The highest BCUT2D eigenvalue weighted by molar-refractivity contribution is 7.98. The second kappa shape index (κ2) is 7.26. The van der Waals surface area contributed by atoms with E-state index in [0.717, 1.165) is 10.8 Å². The van der Waals surface area contributed by atoms with Gasteiger partial charge in [-0.1, -0.05) is 30.3 Å². The molecular weight excluding hydrogens is 296 g/mol. The van der Waals surface area contributed by atoms with Crippen molar-refractivity contribution in [2.24, 2.45) is 11.1 Å². The van der Waals surface area contributed by atoms with Crippen LogP contribution in [0.4, 0.5) is 5.82 Å². The van der Waals surface area contributed by atoms with Crippen LogP contribution in [0.25, 0.3) is 0 Å². The second-order valence-electron chi connectivity index (χ2n) is 5.62. The summed E-state index contributed by atoms with van der Waals surface area (Å²) in [5, 5.41) is 3.96. The largest absolute Gasteiger partial charge is 0.369 e. The van der Waals surface area contributed by atoms with Crippen molar-refractivity contribution < 1.29 is 4.79 Å². The molecule has 0 spiro atoms. The van der Waals surface area contributed by atoms with E-state index >= 15 is 0 Å². The number of primary amides is 1. The van der Waals surface area contributed by atoms with Crippen LogP contribution in [0.1, 0.15) is 19.4 Å². The first-order valence-corrected chi connectivity index (χ1v) is 7.98. The highest BCUT2D eigenvalue weighted by Gasteiger charge is 2.24. The molecule has 116 valence electrons. The van der Waals surface area contributed by atoms with Crippen LogP contribution in [-0.4, -0.2) is 22.4 Å². The Balaban J connectivity index is 1.94. The maximum absolute atomic E-state index is 11.3. The fourth-order valence-corrected chi connectivity index (χ4v) is 2.44. The quantitative estimate of drug-likeness (QED) is 0.768. The number of hydrogen-bond acceptors (Lipinski definition) is 5. The molecule has 0 aliphatic rings. The molecule has 0 unspecified atom stereocenters. The van der Waals surface area contributed by atoms with Gasteiger partial charge in [-0.15, -0.1) is 11.8 Å². The molecule has 0 aliphatic heterocycles. The first-order valence-electron chi connectivity index (χ1n) is 7.00. The third-order valence-electron chi connectivity index (χ3n) is 3.22. The van der Waals surface area contributed by atoms with E-state index in [-0.39, 0.29) is 5.91 Å². The molecule has 0 saturated heterocycles. The summed E-state index contributed by atoms with van der Waals surface area (Å²) >= 11 is 1.62. The first kappa shape index (κ1) is 16.3. The Labute approximate surface area is 134 Å². The van der Waals surface area contributed by atoms with Crippen molar-refractivity contribution in [3.8, 4) is 0 Å². The summed E-state index contributed by atoms with van der Waals surface area (Å²) in [5.41, 5.74) is 5.97. The van der Waals surface area contributed by atoms with Gasteiger partial charge < -0.3 is 11.1 Å². The topological polar surface area (TPSA) is 80.9 Å². The Bertz CT molecular complexity index is 631. The minimum absolute atomic E-state index is 0.345. The predicted octanol–water partition coefficient (Wildman–Crippen LogP) is 2.69. The maximum Gasteiger partial charge on any atom is 0.224 e. The van der Waals surface area contributed by atoms with Crippen molar-refractivity contribution in [3.63, 3.8) is 0 Å². The highest BCUT2D eigenvalue weighted by Crippen LogP contribution is 2.22. The summed E-state index contributed by atoms with van der Waals surface area (Å²) in [6.07, 6.45) is 3.38. The van der Waals surface area contributed by atoms with Gasteiger partial charge in [-0.25, -0.2) is 4.98 Å². The number of carbonyl (C=O) groups excluding carboxylic acids is 1. The Morgan fingerprint density at radius 3 is 2.68 bits per heavy atom. The number of thioether (sulfide) groups is 1. The van der Waals surface area contributed by atoms with E-state index in [0.29, 0.717) is 12.4 Å². The van der Waals surface area contributed by atoms with Gasteiger partial charge in [-0.2, -0.15) is 0 Å². The Morgan fingerprint density at radius 1 is 1.27 bits per heavy atom. The van der Waals surface area contributed by atoms with Crippen LogP contribution in [0.2, 0.25) is 0 Å². The van der Waals surface area contributed by atoms with Gasteiger partial charge in [0.05, 0.1) is 17.8 Å². The normalized spacial score (nSPS) is 11.2. The number of nitrogens with zero attached hydrogens (tertiary/aromatic N) is 2. The van der Waals surface area contributed by atoms with E-state index in [9.17, 15) is 4.79 Å². The highest BCUT2D eigenvalue weighted by atomic mass is 32.2. The van der Waals surface area contributed by atoms with Crippen molar-refractivity contribution in [1.29, 1.82) is 0 Å². The zero-order valence-electron chi connectivity index (χ0n) is 12.7. The van der Waals surface area contributed by atoms with E-state index < -0.39 is 5.41 Å². The minimum atomic E-state index is -0.630. The Morgan fingerprint density at radius 2 is 2.00 bits per heavy atom. The molecule has 0 radical (unpaired) electrons. The molecule has 3 N–H and O–H groups in total. The summed E-state index contributed by atoms with van der Waals surface area (Å²) in [5.74, 6) is 1.14. The number of nitrogens with one attached hydrogen (secondary N) is 1. The van der Waals surface area contributed by atoms with Crippen molar-refractivity contribution in [2.45, 2.75) is 24.6 Å². The molecule has 0 bridgehead atoms. The number of anilines is 1. The third-order valence-corrected chi connectivity index (χ3v) is 4.19. The van der Waals surface area contributed by atoms with E-state index in [2.05, 4.69) is 27.4 Å². The first-order chi connectivity index (χ1) is 10.5. The van der Waals surface area contributed by atoms with Gasteiger partial charge in [-0.3, -0.25) is 9.78 Å². The van der Waals surface area contributed by atoms with Crippen LogP contribution in [0.5, 0.6) is 0 Å². The number of amides is 1. The Kier molecular flexibility index (Phi) is 5.38. The molecule has 0 atom stereocenters. The van der Waals surface area contributed by atoms with E-state index in [4.69, 9.17) is 5.73 Å². The molecule has 2 rings (SSSR count). The van der Waals surface area contributed by atoms with Gasteiger partial charge in [-0.05, 0) is 19.4 Å². The molecule has 0 saturated carbocycles. The number of benzene rings is 1. The number of hydrogen-bond donors (Lipinski definition) is 2. The average Bonchev–Trinajstić information content (AvgIpc) is 2.52. The molecule has 1 amide bonds. The lowest BCUT2D eigenvalue weighted by molar-refractivity contribution is -0.125. The van der Waals surface area contributed by atoms with Gasteiger partial charge in [0.2, 0.25) is 5.91 Å². The van der Waals surface area contributed by atoms with Crippen LogP contribution in [0.3, 0.4) is 0 Å². The lowest BCUT2D eigenvalue weighted by atomic mass is 9.93. The van der Waals surface area contributed by atoms with Crippen molar-refractivity contribution in [3.05, 3.63) is 48.3 Å². The monoisotopic (exact) mass is 316 g/mol. The number of aromatic nitrogens is 2.